The molecule has 1 unspecified atom stereocenters. The molecule has 0 aliphatic carbocycles. The summed E-state index contributed by atoms with van der Waals surface area (Å²) in [5.41, 5.74) is 11.6. The number of hydrogen-bond acceptors (Lipinski definition) is 6. The summed E-state index contributed by atoms with van der Waals surface area (Å²) in [4.78, 5) is 4.08. The Hall–Kier alpha value is -1.70. The fraction of sp³-hybridized carbons (Fsp3) is 0.400. The predicted molar refractivity (Wildman–Crippen MR) is 61.9 cm³/mol. The van der Waals surface area contributed by atoms with Gasteiger partial charge < -0.3 is 21.7 Å². The van der Waals surface area contributed by atoms with E-state index in [9.17, 15) is 5.11 Å². The first-order valence-corrected chi connectivity index (χ1v) is 5.23. The van der Waals surface area contributed by atoms with Crippen LogP contribution in [0.2, 0.25) is 0 Å². The lowest BCUT2D eigenvalue weighted by molar-refractivity contribution is 0.0208. The molecule has 1 atom stereocenters. The number of fused-ring (bicyclic) bond motifs is 1. The Morgan fingerprint density at radius 2 is 2.24 bits per heavy atom. The average Bonchev–Trinajstić information content (AvgIpc) is 2.61. The first kappa shape index (κ1) is 11.8. The van der Waals surface area contributed by atoms with Crippen LogP contribution < -0.4 is 11.5 Å². The van der Waals surface area contributed by atoms with E-state index in [1.54, 1.807) is 12.3 Å². The zero-order chi connectivity index (χ0) is 12.5. The Balaban J connectivity index is 2.36. The minimum Gasteiger partial charge on any atom is -0.396 e. The van der Waals surface area contributed by atoms with Gasteiger partial charge in [-0.05, 0) is 6.07 Å². The number of aliphatic hydroxyl groups excluding tert-OH is 1. The van der Waals surface area contributed by atoms with Crippen molar-refractivity contribution in [2.75, 3.05) is 12.3 Å². The average molecular weight is 237 g/mol. The highest BCUT2D eigenvalue weighted by atomic mass is 16.3. The summed E-state index contributed by atoms with van der Waals surface area (Å²) in [5.74, 6) is 0. The minimum absolute atomic E-state index is 0.0908. The summed E-state index contributed by atoms with van der Waals surface area (Å²) in [6.07, 6.45) is 3.33. The van der Waals surface area contributed by atoms with Crippen molar-refractivity contribution >= 4 is 11.3 Å². The van der Waals surface area contributed by atoms with Gasteiger partial charge in [0.1, 0.15) is 5.72 Å². The van der Waals surface area contributed by atoms with E-state index in [1.807, 2.05) is 0 Å². The highest BCUT2D eigenvalue weighted by molar-refractivity contribution is 5.63. The fourth-order valence-corrected chi connectivity index (χ4v) is 1.69. The molecule has 2 aromatic rings. The van der Waals surface area contributed by atoms with Gasteiger partial charge in [0.15, 0.2) is 5.65 Å². The molecule has 2 rings (SSSR count). The van der Waals surface area contributed by atoms with Gasteiger partial charge >= 0.3 is 0 Å². The van der Waals surface area contributed by atoms with Crippen molar-refractivity contribution in [3.05, 3.63) is 24.2 Å². The second-order valence-electron chi connectivity index (χ2n) is 4.03. The Labute approximate surface area is 97.7 Å². The van der Waals surface area contributed by atoms with Crippen molar-refractivity contribution in [3.63, 3.8) is 0 Å². The molecular weight excluding hydrogens is 222 g/mol. The van der Waals surface area contributed by atoms with Crippen LogP contribution in [-0.2, 0) is 6.42 Å². The number of nitrogens with two attached hydrogens (primary N) is 2. The van der Waals surface area contributed by atoms with Crippen molar-refractivity contribution in [2.45, 2.75) is 18.6 Å². The van der Waals surface area contributed by atoms with E-state index in [0.29, 0.717) is 17.0 Å². The molecular formula is C10H15N5O2. The lowest BCUT2D eigenvalue weighted by Crippen LogP contribution is -2.43. The lowest BCUT2D eigenvalue weighted by atomic mass is 10.1. The van der Waals surface area contributed by atoms with Crippen LogP contribution in [0.3, 0.4) is 0 Å². The quantitative estimate of drug-likeness (QED) is 0.500. The molecule has 0 aliphatic rings. The molecule has 6 N–H and O–H groups in total. The van der Waals surface area contributed by atoms with Gasteiger partial charge in [0.25, 0.3) is 0 Å². The molecule has 7 heteroatoms. The molecule has 0 radical (unpaired) electrons. The van der Waals surface area contributed by atoms with Crippen molar-refractivity contribution in [1.29, 1.82) is 0 Å². The van der Waals surface area contributed by atoms with Crippen molar-refractivity contribution in [2.24, 2.45) is 5.73 Å². The van der Waals surface area contributed by atoms with E-state index < -0.39 is 5.72 Å². The molecule has 7 nitrogen and oxygen atoms in total. The maximum atomic E-state index is 9.86. The van der Waals surface area contributed by atoms with Crippen molar-refractivity contribution in [1.82, 2.24) is 14.6 Å². The Bertz CT molecular complexity index is 522. The molecule has 0 amide bonds. The number of nitrogen functional groups attached to an aromatic ring is 1. The maximum absolute atomic E-state index is 9.86. The van der Waals surface area contributed by atoms with E-state index in [0.717, 1.165) is 0 Å². The van der Waals surface area contributed by atoms with Crippen molar-refractivity contribution in [3.8, 4) is 0 Å². The second-order valence-corrected chi connectivity index (χ2v) is 4.03. The van der Waals surface area contributed by atoms with Crippen LogP contribution in [0.25, 0.3) is 5.65 Å². The van der Waals surface area contributed by atoms with Crippen LogP contribution in [-0.4, -0.2) is 37.1 Å². The third-order valence-corrected chi connectivity index (χ3v) is 2.54. The number of aromatic nitrogens is 3. The summed E-state index contributed by atoms with van der Waals surface area (Å²) >= 11 is 0. The van der Waals surface area contributed by atoms with Crippen LogP contribution >= 0.6 is 0 Å². The summed E-state index contributed by atoms with van der Waals surface area (Å²) in [7, 11) is 0. The monoisotopic (exact) mass is 237 g/mol. The predicted octanol–water partition coefficient (Wildman–Crippen LogP) is -1.12. The molecule has 2 aromatic heterocycles. The van der Waals surface area contributed by atoms with Gasteiger partial charge in [-0.3, -0.25) is 0 Å². The van der Waals surface area contributed by atoms with Gasteiger partial charge in [0.2, 0.25) is 0 Å². The summed E-state index contributed by atoms with van der Waals surface area (Å²) in [5, 5.41) is 22.7. The SMILES string of the molecule is Nc1cnn2c(CC(N)(O)CCO)ccnc12. The van der Waals surface area contributed by atoms with Gasteiger partial charge in [0, 0.05) is 25.6 Å². The molecule has 92 valence electrons. The molecule has 0 saturated heterocycles. The van der Waals surface area contributed by atoms with E-state index >= 15 is 0 Å². The van der Waals surface area contributed by atoms with E-state index in [1.165, 1.54) is 10.7 Å². The molecule has 0 fully saturated rings. The zero-order valence-corrected chi connectivity index (χ0v) is 9.24. The van der Waals surface area contributed by atoms with Crippen LogP contribution in [0.4, 0.5) is 5.69 Å². The minimum atomic E-state index is -1.47. The van der Waals surface area contributed by atoms with Crippen LogP contribution in [0, 0.1) is 0 Å². The maximum Gasteiger partial charge on any atom is 0.178 e. The van der Waals surface area contributed by atoms with E-state index in [-0.39, 0.29) is 19.4 Å². The van der Waals surface area contributed by atoms with Crippen molar-refractivity contribution < 1.29 is 10.2 Å². The Morgan fingerprint density at radius 1 is 1.47 bits per heavy atom. The first-order chi connectivity index (χ1) is 8.03. The molecule has 0 bridgehead atoms. The van der Waals surface area contributed by atoms with E-state index in [2.05, 4.69) is 10.1 Å². The van der Waals surface area contributed by atoms with Gasteiger partial charge in [-0.1, -0.05) is 0 Å². The summed E-state index contributed by atoms with van der Waals surface area (Å²) in [6.45, 7) is -0.178. The Morgan fingerprint density at radius 3 is 2.94 bits per heavy atom. The fourth-order valence-electron chi connectivity index (χ4n) is 1.69. The summed E-state index contributed by atoms with van der Waals surface area (Å²) in [6, 6.07) is 1.70. The van der Waals surface area contributed by atoms with Crippen LogP contribution in [0.5, 0.6) is 0 Å². The lowest BCUT2D eigenvalue weighted by Gasteiger charge is -2.22. The second kappa shape index (κ2) is 4.28. The standard InChI is InChI=1S/C10H15N5O2/c11-8-6-14-15-7(1-3-13-9(8)15)5-10(12,17)2-4-16/h1,3,6,16-17H,2,4-5,11-12H2. The first-order valence-electron chi connectivity index (χ1n) is 5.23. The van der Waals surface area contributed by atoms with Crippen LogP contribution in [0.15, 0.2) is 18.5 Å². The normalized spacial score (nSPS) is 15.0. The van der Waals surface area contributed by atoms with Gasteiger partial charge in [-0.25, -0.2) is 9.50 Å². The van der Waals surface area contributed by atoms with Gasteiger partial charge in [-0.15, -0.1) is 0 Å². The number of hydrogen-bond donors (Lipinski definition) is 4. The van der Waals surface area contributed by atoms with Gasteiger partial charge in [-0.2, -0.15) is 5.10 Å². The molecule has 0 spiro atoms. The summed E-state index contributed by atoms with van der Waals surface area (Å²) < 4.78 is 1.53. The molecule has 0 saturated carbocycles. The Kier molecular flexibility index (Phi) is 2.97. The van der Waals surface area contributed by atoms with E-state index in [4.69, 9.17) is 16.6 Å². The molecule has 0 aromatic carbocycles. The third-order valence-electron chi connectivity index (χ3n) is 2.54. The molecule has 0 aliphatic heterocycles. The zero-order valence-electron chi connectivity index (χ0n) is 9.24. The van der Waals surface area contributed by atoms with Crippen LogP contribution in [0.1, 0.15) is 12.1 Å². The highest BCUT2D eigenvalue weighted by Gasteiger charge is 2.22. The third kappa shape index (κ3) is 2.36. The largest absolute Gasteiger partial charge is 0.396 e. The number of anilines is 1. The highest BCUT2D eigenvalue weighted by Crippen LogP contribution is 2.15. The number of aliphatic hydroxyl groups is 2. The van der Waals surface area contributed by atoms with Gasteiger partial charge in [0.05, 0.1) is 17.6 Å². The molecule has 2 heterocycles. The topological polar surface area (TPSA) is 123 Å². The number of nitrogens with zero attached hydrogens (tertiary/aromatic N) is 3. The molecule has 17 heavy (non-hydrogen) atoms. The number of rotatable bonds is 4. The smallest absolute Gasteiger partial charge is 0.178 e.